The van der Waals surface area contributed by atoms with Crippen molar-refractivity contribution < 1.29 is 25.8 Å². The molecule has 0 bridgehead atoms. The van der Waals surface area contributed by atoms with E-state index in [4.69, 9.17) is 9.72 Å². The van der Waals surface area contributed by atoms with Gasteiger partial charge in [-0.2, -0.15) is 12.1 Å². The van der Waals surface area contributed by atoms with Gasteiger partial charge in [0.1, 0.15) is 5.82 Å². The SMILES string of the molecule is Cc1cc(-n2c3[c-]c(Oc4[c-]c(N5[CH-]N(c6cc(C(C)(C)C)cc(C(C)(C)C)c6)c6cc(-c7cc(C(C)(C)C)cc(C(C)(C)C)c7)ccc65)ccc4)ccc3c3ccccc32)ncc1-c1ccc(C(C)(C)C)cc1.[Pt]. The normalized spacial score (nSPS) is 13.4. The van der Waals surface area contributed by atoms with Crippen molar-refractivity contribution in [3.8, 4) is 39.6 Å². The molecule has 388 valence electrons. The summed E-state index contributed by atoms with van der Waals surface area (Å²) in [4.78, 5) is 9.73. The van der Waals surface area contributed by atoms with Gasteiger partial charge in [-0.25, -0.2) is 4.98 Å². The summed E-state index contributed by atoms with van der Waals surface area (Å²) in [5.41, 5.74) is 18.5. The molecule has 0 aliphatic carbocycles. The topological polar surface area (TPSA) is 33.5 Å². The Labute approximate surface area is 462 Å². The maximum absolute atomic E-state index is 6.77. The number of ether oxygens (including phenoxy) is 1. The van der Waals surface area contributed by atoms with Gasteiger partial charge in [-0.3, -0.25) is 0 Å². The van der Waals surface area contributed by atoms with Gasteiger partial charge in [0.25, 0.3) is 0 Å². The largest absolute Gasteiger partial charge is 0.509 e. The van der Waals surface area contributed by atoms with Gasteiger partial charge in [0.2, 0.25) is 0 Å². The number of hydrogen-bond donors (Lipinski definition) is 0. The number of fused-ring (bicyclic) bond motifs is 4. The van der Waals surface area contributed by atoms with Crippen molar-refractivity contribution in [1.29, 1.82) is 0 Å². The van der Waals surface area contributed by atoms with E-state index >= 15 is 0 Å². The molecule has 0 saturated carbocycles. The third-order valence-electron chi connectivity index (χ3n) is 14.8. The molecule has 0 N–H and O–H groups in total. The molecule has 0 atom stereocenters. The number of aromatic nitrogens is 2. The van der Waals surface area contributed by atoms with E-state index in [0.717, 1.165) is 67.1 Å². The first-order chi connectivity index (χ1) is 34.7. The van der Waals surface area contributed by atoms with Crippen LogP contribution in [0.5, 0.6) is 11.5 Å². The second-order valence-electron chi connectivity index (χ2n) is 25.8. The number of benzene rings is 7. The minimum Gasteiger partial charge on any atom is -0.509 e. The van der Waals surface area contributed by atoms with E-state index in [1.54, 1.807) is 0 Å². The first-order valence-electron chi connectivity index (χ1n) is 26.3. The zero-order valence-electron chi connectivity index (χ0n) is 46.9. The maximum atomic E-state index is 6.77. The number of aryl methyl sites for hydroxylation is 1. The van der Waals surface area contributed by atoms with Crippen LogP contribution in [0.1, 0.15) is 137 Å². The Balaban J connectivity index is 0.00000689. The molecule has 1 aliphatic rings. The zero-order valence-corrected chi connectivity index (χ0v) is 49.2. The summed E-state index contributed by atoms with van der Waals surface area (Å²) in [5.74, 6) is 2.03. The molecule has 0 radical (unpaired) electrons. The van der Waals surface area contributed by atoms with E-state index in [9.17, 15) is 0 Å². The maximum Gasteiger partial charge on any atom is 0.135 e. The van der Waals surface area contributed by atoms with Gasteiger partial charge in [-0.05, 0) is 126 Å². The van der Waals surface area contributed by atoms with Crippen LogP contribution in [-0.4, -0.2) is 9.55 Å². The number of nitrogens with zero attached hydrogens (tertiary/aromatic N) is 4. The van der Waals surface area contributed by atoms with Crippen molar-refractivity contribution in [3.05, 3.63) is 198 Å². The quantitative estimate of drug-likeness (QED) is 0.149. The van der Waals surface area contributed by atoms with Gasteiger partial charge >= 0.3 is 0 Å². The van der Waals surface area contributed by atoms with Crippen LogP contribution in [0.25, 0.3) is 49.9 Å². The van der Waals surface area contributed by atoms with Gasteiger partial charge in [-0.15, -0.1) is 48.1 Å². The van der Waals surface area contributed by atoms with Crippen LogP contribution >= 0.6 is 0 Å². The van der Waals surface area contributed by atoms with Gasteiger partial charge < -0.3 is 19.1 Å². The fourth-order valence-electron chi connectivity index (χ4n) is 10.1. The summed E-state index contributed by atoms with van der Waals surface area (Å²) in [6.45, 7) is 38.8. The summed E-state index contributed by atoms with van der Waals surface area (Å²) in [7, 11) is 0. The summed E-state index contributed by atoms with van der Waals surface area (Å²) < 4.78 is 8.98. The first-order valence-corrected chi connectivity index (χ1v) is 26.3. The summed E-state index contributed by atoms with van der Waals surface area (Å²) in [5, 5.41) is 2.22. The van der Waals surface area contributed by atoms with E-state index in [1.165, 1.54) is 38.9 Å². The Bertz CT molecular complexity index is 3540. The van der Waals surface area contributed by atoms with E-state index in [-0.39, 0.29) is 48.1 Å². The molecule has 5 nitrogen and oxygen atoms in total. The molecule has 0 unspecified atom stereocenters. The van der Waals surface area contributed by atoms with Crippen molar-refractivity contribution in [2.45, 2.75) is 138 Å². The van der Waals surface area contributed by atoms with Gasteiger partial charge in [0, 0.05) is 66.9 Å². The van der Waals surface area contributed by atoms with Crippen LogP contribution in [0.3, 0.4) is 0 Å². The fourth-order valence-corrected chi connectivity index (χ4v) is 10.1. The summed E-state index contributed by atoms with van der Waals surface area (Å²) >= 11 is 0. The number of rotatable bonds is 7. The molecule has 7 aromatic carbocycles. The smallest absolute Gasteiger partial charge is 0.135 e. The number of anilines is 4. The Hall–Kier alpha value is -6.42. The molecule has 9 aromatic rings. The third kappa shape index (κ3) is 10.6. The Kier molecular flexibility index (Phi) is 13.7. The minimum absolute atomic E-state index is 0. The van der Waals surface area contributed by atoms with Gasteiger partial charge in [0.15, 0.2) is 0 Å². The first kappa shape index (κ1) is 53.4. The van der Waals surface area contributed by atoms with E-state index in [2.05, 4.69) is 271 Å². The molecular weight excluding hydrogens is 1100 g/mol. The van der Waals surface area contributed by atoms with Gasteiger partial charge in [0.05, 0.1) is 0 Å². The van der Waals surface area contributed by atoms with Crippen molar-refractivity contribution in [3.63, 3.8) is 0 Å². The third-order valence-corrected chi connectivity index (χ3v) is 14.8. The van der Waals surface area contributed by atoms with Crippen LogP contribution in [0.15, 0.2) is 146 Å². The summed E-state index contributed by atoms with van der Waals surface area (Å²) in [6.07, 6.45) is 2.01. The van der Waals surface area contributed by atoms with Gasteiger partial charge in [-0.1, -0.05) is 182 Å². The second kappa shape index (κ2) is 19.3. The molecule has 2 aromatic heterocycles. The van der Waals surface area contributed by atoms with Crippen molar-refractivity contribution in [1.82, 2.24) is 9.55 Å². The number of pyridine rings is 1. The standard InChI is InChI=1S/C69H73N4O.Pt/c1-44-32-64(70-42-59(44)45-24-27-48(28-25-45)65(2,3)4)73-60-23-18-17-22-57(60)58-30-29-56(41-62(58)73)74-55-21-19-20-53(40-55)71-43-72(54-38-51(68(11,12)13)37-52(39-54)69(14,15)16)63-35-46(26-31-61(63)71)47-33-49(66(5,6)7)36-50(34-47)67(8,9)10;/h17-39,42-43H,1-16H3;/q-3;. The van der Waals surface area contributed by atoms with E-state index < -0.39 is 0 Å². The van der Waals surface area contributed by atoms with Crippen LogP contribution in [0, 0.1) is 25.7 Å². The van der Waals surface area contributed by atoms with Crippen LogP contribution < -0.4 is 14.5 Å². The average molecular weight is 1170 g/mol. The minimum atomic E-state index is -0.0514. The van der Waals surface area contributed by atoms with E-state index in [1.807, 2.05) is 18.3 Å². The molecule has 1 aliphatic heterocycles. The molecule has 0 saturated heterocycles. The van der Waals surface area contributed by atoms with Crippen molar-refractivity contribution in [2.75, 3.05) is 9.80 Å². The predicted molar refractivity (Wildman–Crippen MR) is 313 cm³/mol. The molecule has 0 spiro atoms. The van der Waals surface area contributed by atoms with Crippen LogP contribution in [0.2, 0.25) is 0 Å². The molecule has 75 heavy (non-hydrogen) atoms. The monoisotopic (exact) mass is 1170 g/mol. The second-order valence-corrected chi connectivity index (χ2v) is 25.8. The van der Waals surface area contributed by atoms with E-state index in [0.29, 0.717) is 11.5 Å². The zero-order chi connectivity index (χ0) is 52.9. The predicted octanol–water partition coefficient (Wildman–Crippen LogP) is 19.1. The van der Waals surface area contributed by atoms with Crippen LogP contribution in [0.4, 0.5) is 22.7 Å². The fraction of sp³-hybridized carbons (Fsp3) is 0.304. The molecule has 0 fully saturated rings. The Morgan fingerprint density at radius 2 is 1.04 bits per heavy atom. The molecular formula is C69H73N4OPt-3. The number of para-hydroxylation sites is 1. The molecule has 3 heterocycles. The average Bonchev–Trinajstić information content (AvgIpc) is 3.88. The Morgan fingerprint density at radius 3 is 1.64 bits per heavy atom. The molecule has 10 rings (SSSR count). The van der Waals surface area contributed by atoms with Crippen molar-refractivity contribution >= 4 is 44.6 Å². The Morgan fingerprint density at radius 1 is 0.467 bits per heavy atom. The molecule has 0 amide bonds. The number of hydrogen-bond acceptors (Lipinski definition) is 4. The summed E-state index contributed by atoms with van der Waals surface area (Å²) in [6, 6.07) is 58.5. The molecule has 6 heteroatoms. The van der Waals surface area contributed by atoms with Crippen molar-refractivity contribution in [2.24, 2.45) is 0 Å². The van der Waals surface area contributed by atoms with Crippen LogP contribution in [-0.2, 0) is 48.1 Å².